The molecule has 1 aromatic rings. The van der Waals surface area contributed by atoms with Gasteiger partial charge in [0.15, 0.2) is 0 Å². The fourth-order valence-corrected chi connectivity index (χ4v) is 3.33. The van der Waals surface area contributed by atoms with Gasteiger partial charge in [-0.25, -0.2) is 0 Å². The van der Waals surface area contributed by atoms with Gasteiger partial charge in [-0.3, -0.25) is 0 Å². The van der Waals surface area contributed by atoms with E-state index in [1.165, 1.54) is 37.7 Å². The van der Waals surface area contributed by atoms with Gasteiger partial charge in [-0.15, -0.1) is 0 Å². The van der Waals surface area contributed by atoms with Gasteiger partial charge in [-0.1, -0.05) is 26.7 Å². The molecule has 0 aromatic carbocycles. The smallest absolute Gasteiger partial charge is 0.0648 e. The lowest BCUT2D eigenvalue weighted by Crippen LogP contribution is -2.32. The van der Waals surface area contributed by atoms with Crippen molar-refractivity contribution in [1.82, 2.24) is 15.5 Å². The minimum Gasteiger partial charge on any atom is -0.310 e. The highest BCUT2D eigenvalue weighted by Gasteiger charge is 2.28. The second-order valence-corrected chi connectivity index (χ2v) is 6.48. The van der Waals surface area contributed by atoms with Crippen LogP contribution in [0.3, 0.4) is 0 Å². The van der Waals surface area contributed by atoms with E-state index in [-0.39, 0.29) is 0 Å². The monoisotopic (exact) mass is 275 g/mol. The van der Waals surface area contributed by atoms with E-state index in [4.69, 9.17) is 0 Å². The fraction of sp³-hybridized carbons (Fsp3) is 0.765. The molecule has 1 aliphatic rings. The van der Waals surface area contributed by atoms with Crippen molar-refractivity contribution in [3.05, 3.63) is 23.0 Å². The zero-order valence-corrected chi connectivity index (χ0v) is 13.4. The molecule has 112 valence electrons. The van der Waals surface area contributed by atoms with Gasteiger partial charge in [0.1, 0.15) is 0 Å². The predicted molar refractivity (Wildman–Crippen MR) is 83.7 cm³/mol. The quantitative estimate of drug-likeness (QED) is 0.884. The van der Waals surface area contributed by atoms with Crippen molar-refractivity contribution in [1.29, 1.82) is 0 Å². The third kappa shape index (κ3) is 3.78. The molecule has 1 N–H and O–H groups in total. The van der Waals surface area contributed by atoms with Gasteiger partial charge >= 0.3 is 0 Å². The van der Waals surface area contributed by atoms with Crippen molar-refractivity contribution in [2.24, 2.45) is 11.8 Å². The SMILES string of the molecule is CCCNC(c1cc(C)nnc1C)C1CCC(C)CC1. The maximum atomic E-state index is 4.33. The molecule has 1 aromatic heterocycles. The zero-order chi connectivity index (χ0) is 14.5. The number of aromatic nitrogens is 2. The summed E-state index contributed by atoms with van der Waals surface area (Å²) < 4.78 is 0. The number of aryl methyl sites for hydroxylation is 2. The third-order valence-corrected chi connectivity index (χ3v) is 4.62. The highest BCUT2D eigenvalue weighted by molar-refractivity contribution is 5.24. The number of nitrogens with one attached hydrogen (secondary N) is 1. The highest BCUT2D eigenvalue weighted by atomic mass is 15.1. The van der Waals surface area contributed by atoms with Crippen molar-refractivity contribution >= 4 is 0 Å². The average molecular weight is 275 g/mol. The molecule has 20 heavy (non-hydrogen) atoms. The number of rotatable bonds is 5. The van der Waals surface area contributed by atoms with Crippen LogP contribution < -0.4 is 5.32 Å². The molecule has 1 aliphatic carbocycles. The van der Waals surface area contributed by atoms with Gasteiger partial charge in [0.25, 0.3) is 0 Å². The Morgan fingerprint density at radius 3 is 2.55 bits per heavy atom. The average Bonchev–Trinajstić information content (AvgIpc) is 2.44. The second kappa shape index (κ2) is 7.16. The van der Waals surface area contributed by atoms with Gasteiger partial charge in [-0.05, 0) is 63.1 Å². The van der Waals surface area contributed by atoms with Crippen LogP contribution in [0.4, 0.5) is 0 Å². The normalized spacial score (nSPS) is 24.6. The summed E-state index contributed by atoms with van der Waals surface area (Å²) in [4.78, 5) is 0. The van der Waals surface area contributed by atoms with E-state index in [0.717, 1.165) is 29.8 Å². The van der Waals surface area contributed by atoms with Gasteiger partial charge < -0.3 is 5.32 Å². The molecule has 1 fully saturated rings. The summed E-state index contributed by atoms with van der Waals surface area (Å²) in [7, 11) is 0. The van der Waals surface area contributed by atoms with Crippen molar-refractivity contribution in [3.63, 3.8) is 0 Å². The summed E-state index contributed by atoms with van der Waals surface area (Å²) in [5, 5.41) is 12.3. The fourth-order valence-electron chi connectivity index (χ4n) is 3.33. The van der Waals surface area contributed by atoms with Crippen LogP contribution >= 0.6 is 0 Å². The van der Waals surface area contributed by atoms with Gasteiger partial charge in [0.05, 0.1) is 11.4 Å². The Bertz CT molecular complexity index is 422. The first-order valence-corrected chi connectivity index (χ1v) is 8.16. The second-order valence-electron chi connectivity index (χ2n) is 6.48. The molecule has 0 aliphatic heterocycles. The van der Waals surface area contributed by atoms with Crippen LogP contribution in [-0.4, -0.2) is 16.7 Å². The molecule has 1 heterocycles. The first-order chi connectivity index (χ1) is 9.61. The largest absolute Gasteiger partial charge is 0.310 e. The van der Waals surface area contributed by atoms with Crippen molar-refractivity contribution < 1.29 is 0 Å². The molecule has 1 unspecified atom stereocenters. The Morgan fingerprint density at radius 1 is 1.20 bits per heavy atom. The highest BCUT2D eigenvalue weighted by Crippen LogP contribution is 2.37. The van der Waals surface area contributed by atoms with E-state index in [1.807, 2.05) is 6.92 Å². The third-order valence-electron chi connectivity index (χ3n) is 4.62. The van der Waals surface area contributed by atoms with Gasteiger partial charge in [0.2, 0.25) is 0 Å². The molecule has 3 heteroatoms. The molecule has 0 amide bonds. The van der Waals surface area contributed by atoms with Crippen molar-refractivity contribution in [2.45, 2.75) is 65.8 Å². The number of hydrogen-bond acceptors (Lipinski definition) is 3. The Hall–Kier alpha value is -0.960. The summed E-state index contributed by atoms with van der Waals surface area (Å²) in [5.41, 5.74) is 3.48. The Labute approximate surface area is 123 Å². The Morgan fingerprint density at radius 2 is 1.90 bits per heavy atom. The topological polar surface area (TPSA) is 37.8 Å². The molecule has 0 radical (unpaired) electrons. The molecular formula is C17H29N3. The maximum absolute atomic E-state index is 4.33. The maximum Gasteiger partial charge on any atom is 0.0648 e. The summed E-state index contributed by atoms with van der Waals surface area (Å²) in [5.74, 6) is 1.65. The minimum atomic E-state index is 0.455. The van der Waals surface area contributed by atoms with E-state index in [0.29, 0.717) is 6.04 Å². The lowest BCUT2D eigenvalue weighted by molar-refractivity contribution is 0.230. The Balaban J connectivity index is 2.20. The van der Waals surface area contributed by atoms with E-state index >= 15 is 0 Å². The van der Waals surface area contributed by atoms with Gasteiger partial charge in [0, 0.05) is 6.04 Å². The molecule has 2 rings (SSSR count). The molecule has 0 bridgehead atoms. The Kier molecular flexibility index (Phi) is 5.53. The summed E-state index contributed by atoms with van der Waals surface area (Å²) in [6.45, 7) is 9.82. The molecular weight excluding hydrogens is 246 g/mol. The first-order valence-electron chi connectivity index (χ1n) is 8.16. The molecule has 0 saturated heterocycles. The van der Waals surface area contributed by atoms with E-state index < -0.39 is 0 Å². The van der Waals surface area contributed by atoms with Crippen LogP contribution in [-0.2, 0) is 0 Å². The summed E-state index contributed by atoms with van der Waals surface area (Å²) in [6.07, 6.45) is 6.58. The molecule has 0 spiro atoms. The summed E-state index contributed by atoms with van der Waals surface area (Å²) in [6, 6.07) is 2.69. The van der Waals surface area contributed by atoms with E-state index in [2.05, 4.69) is 42.4 Å². The van der Waals surface area contributed by atoms with Crippen LogP contribution in [0.5, 0.6) is 0 Å². The van der Waals surface area contributed by atoms with Crippen LogP contribution in [0, 0.1) is 25.7 Å². The molecule has 1 saturated carbocycles. The van der Waals surface area contributed by atoms with Gasteiger partial charge in [-0.2, -0.15) is 10.2 Å². The molecule has 1 atom stereocenters. The zero-order valence-electron chi connectivity index (χ0n) is 13.4. The number of hydrogen-bond donors (Lipinski definition) is 1. The van der Waals surface area contributed by atoms with Crippen molar-refractivity contribution in [2.75, 3.05) is 6.54 Å². The van der Waals surface area contributed by atoms with Crippen LogP contribution in [0.25, 0.3) is 0 Å². The lowest BCUT2D eigenvalue weighted by atomic mass is 9.77. The standard InChI is InChI=1S/C17H29N3/c1-5-10-18-17(15-8-6-12(2)7-9-15)16-11-13(3)19-20-14(16)4/h11-12,15,17-18H,5-10H2,1-4H3. The first kappa shape index (κ1) is 15.4. The minimum absolute atomic E-state index is 0.455. The van der Waals surface area contributed by atoms with Crippen LogP contribution in [0.2, 0.25) is 0 Å². The number of nitrogens with zero attached hydrogens (tertiary/aromatic N) is 2. The summed E-state index contributed by atoms with van der Waals surface area (Å²) >= 11 is 0. The van der Waals surface area contributed by atoms with E-state index in [9.17, 15) is 0 Å². The lowest BCUT2D eigenvalue weighted by Gasteiger charge is -2.34. The predicted octanol–water partition coefficient (Wildman–Crippen LogP) is 3.96. The van der Waals surface area contributed by atoms with Crippen molar-refractivity contribution in [3.8, 4) is 0 Å². The van der Waals surface area contributed by atoms with Crippen LogP contribution in [0.1, 0.15) is 68.9 Å². The molecule has 3 nitrogen and oxygen atoms in total. The van der Waals surface area contributed by atoms with Crippen LogP contribution in [0.15, 0.2) is 6.07 Å². The van der Waals surface area contributed by atoms with E-state index in [1.54, 1.807) is 0 Å².